The first-order chi connectivity index (χ1) is 8.75. The number of pyridine rings is 1. The van der Waals surface area contributed by atoms with Gasteiger partial charge in [0.2, 0.25) is 0 Å². The Morgan fingerprint density at radius 3 is 1.56 bits per heavy atom. The van der Waals surface area contributed by atoms with Crippen LogP contribution in [0.15, 0.2) is 71.5 Å². The monoisotopic (exact) mass is 239 g/mol. The number of rotatable bonds is 0. The molecule has 0 unspecified atom stereocenters. The fourth-order valence-electron chi connectivity index (χ4n) is 1.57. The number of nitrogens with one attached hydrogen (secondary N) is 1. The van der Waals surface area contributed by atoms with Crippen molar-refractivity contribution in [3.8, 4) is 5.88 Å². The fourth-order valence-corrected chi connectivity index (χ4v) is 1.57. The summed E-state index contributed by atoms with van der Waals surface area (Å²) in [6.07, 6.45) is 0. The van der Waals surface area contributed by atoms with Gasteiger partial charge >= 0.3 is 0 Å². The Labute approximate surface area is 104 Å². The van der Waals surface area contributed by atoms with Crippen LogP contribution in [0.25, 0.3) is 10.8 Å². The number of fused-ring (bicyclic) bond motifs is 1. The van der Waals surface area contributed by atoms with Gasteiger partial charge in [-0.1, -0.05) is 54.6 Å². The van der Waals surface area contributed by atoms with Crippen molar-refractivity contribution < 1.29 is 5.11 Å². The lowest BCUT2D eigenvalue weighted by molar-refractivity contribution is 0.452. The molecule has 0 fully saturated rings. The van der Waals surface area contributed by atoms with Crippen molar-refractivity contribution >= 4 is 10.8 Å². The second-order valence-electron chi connectivity index (χ2n) is 3.75. The van der Waals surface area contributed by atoms with Gasteiger partial charge in [-0.25, -0.2) is 0 Å². The summed E-state index contributed by atoms with van der Waals surface area (Å²) in [5.74, 6) is -0.0995. The van der Waals surface area contributed by atoms with Crippen molar-refractivity contribution in [1.82, 2.24) is 4.98 Å². The van der Waals surface area contributed by atoms with E-state index < -0.39 is 0 Å². The summed E-state index contributed by atoms with van der Waals surface area (Å²) in [7, 11) is 0. The topological polar surface area (TPSA) is 53.1 Å². The molecule has 3 rings (SSSR count). The molecular formula is C15H13NO2. The molecule has 0 saturated heterocycles. The molecule has 0 radical (unpaired) electrons. The highest BCUT2D eigenvalue weighted by Crippen LogP contribution is 2.11. The second kappa shape index (κ2) is 5.68. The van der Waals surface area contributed by atoms with Crippen molar-refractivity contribution in [2.75, 3.05) is 0 Å². The first-order valence-corrected chi connectivity index (χ1v) is 5.58. The maximum atomic E-state index is 10.3. The highest BCUT2D eigenvalue weighted by molar-refractivity contribution is 5.81. The largest absolute Gasteiger partial charge is 0.495 e. The van der Waals surface area contributed by atoms with Gasteiger partial charge in [-0.15, -0.1) is 0 Å². The normalized spacial score (nSPS) is 9.56. The predicted molar refractivity (Wildman–Crippen MR) is 72.7 cm³/mol. The van der Waals surface area contributed by atoms with Gasteiger partial charge in [0.05, 0.1) is 0 Å². The minimum absolute atomic E-state index is 0.0995. The molecule has 0 aliphatic carbocycles. The molecule has 0 saturated carbocycles. The van der Waals surface area contributed by atoms with Gasteiger partial charge in [0.1, 0.15) is 0 Å². The van der Waals surface area contributed by atoms with E-state index in [-0.39, 0.29) is 11.4 Å². The Bertz CT molecular complexity index is 623. The lowest BCUT2D eigenvalue weighted by Crippen LogP contribution is -2.00. The van der Waals surface area contributed by atoms with E-state index in [1.807, 2.05) is 0 Å². The van der Waals surface area contributed by atoms with Crippen LogP contribution in [0, 0.1) is 0 Å². The molecule has 0 atom stereocenters. The molecule has 1 aromatic heterocycles. The van der Waals surface area contributed by atoms with Crippen LogP contribution in [0.4, 0.5) is 0 Å². The van der Waals surface area contributed by atoms with E-state index in [0.29, 0.717) is 0 Å². The van der Waals surface area contributed by atoms with Gasteiger partial charge in [0, 0.05) is 6.07 Å². The third kappa shape index (κ3) is 3.22. The summed E-state index contributed by atoms with van der Waals surface area (Å²) in [5.41, 5.74) is -0.287. The molecule has 0 aliphatic heterocycles. The average molecular weight is 239 g/mol. The summed E-state index contributed by atoms with van der Waals surface area (Å²) in [5, 5.41) is 11.2. The summed E-state index contributed by atoms with van der Waals surface area (Å²) in [4.78, 5) is 12.4. The van der Waals surface area contributed by atoms with Crippen LogP contribution in [0.5, 0.6) is 5.88 Å². The van der Waals surface area contributed by atoms with E-state index in [2.05, 4.69) is 53.5 Å². The Kier molecular flexibility index (Phi) is 3.76. The summed E-state index contributed by atoms with van der Waals surface area (Å²) >= 11 is 0. The number of aromatic nitrogens is 1. The zero-order valence-corrected chi connectivity index (χ0v) is 9.71. The molecular weight excluding hydrogens is 226 g/mol. The van der Waals surface area contributed by atoms with Gasteiger partial charge < -0.3 is 5.11 Å². The third-order valence-electron chi connectivity index (χ3n) is 2.41. The molecule has 2 aromatic carbocycles. The van der Waals surface area contributed by atoms with Crippen LogP contribution in [0.3, 0.4) is 0 Å². The molecule has 1 heterocycles. The SMILES string of the molecule is O=c1cccc(O)[nH]1.c1ccc2ccccc2c1. The Morgan fingerprint density at radius 2 is 1.22 bits per heavy atom. The molecule has 3 heteroatoms. The van der Waals surface area contributed by atoms with Crippen molar-refractivity contribution in [3.63, 3.8) is 0 Å². The molecule has 18 heavy (non-hydrogen) atoms. The predicted octanol–water partition coefficient (Wildman–Crippen LogP) is 2.92. The van der Waals surface area contributed by atoms with Crippen LogP contribution in [0.1, 0.15) is 0 Å². The van der Waals surface area contributed by atoms with Crippen molar-refractivity contribution in [2.24, 2.45) is 0 Å². The summed E-state index contributed by atoms with van der Waals surface area (Å²) in [6.45, 7) is 0. The third-order valence-corrected chi connectivity index (χ3v) is 2.41. The number of H-pyrrole nitrogens is 1. The average Bonchev–Trinajstić information content (AvgIpc) is 2.39. The zero-order chi connectivity index (χ0) is 12.8. The van der Waals surface area contributed by atoms with E-state index >= 15 is 0 Å². The van der Waals surface area contributed by atoms with Gasteiger partial charge in [0.25, 0.3) is 5.56 Å². The van der Waals surface area contributed by atoms with Crippen LogP contribution in [0.2, 0.25) is 0 Å². The smallest absolute Gasteiger partial charge is 0.250 e. The fraction of sp³-hybridized carbons (Fsp3) is 0. The number of hydrogen-bond acceptors (Lipinski definition) is 2. The summed E-state index contributed by atoms with van der Waals surface area (Å²) in [6, 6.07) is 20.9. The van der Waals surface area contributed by atoms with Crippen LogP contribution < -0.4 is 5.56 Å². The standard InChI is InChI=1S/C10H8.C5H5NO2/c1-2-6-10-8-4-3-7-9(10)5-1;7-4-2-1-3-5(8)6-4/h1-8H;1-3H,(H2,6,7,8). The van der Waals surface area contributed by atoms with Gasteiger partial charge in [0.15, 0.2) is 5.88 Å². The highest BCUT2D eigenvalue weighted by Gasteiger charge is 1.85. The lowest BCUT2D eigenvalue weighted by Gasteiger charge is -1.92. The van der Waals surface area contributed by atoms with Crippen LogP contribution in [-0.4, -0.2) is 10.1 Å². The molecule has 0 bridgehead atoms. The van der Waals surface area contributed by atoms with Crippen LogP contribution in [-0.2, 0) is 0 Å². The van der Waals surface area contributed by atoms with Crippen LogP contribution >= 0.6 is 0 Å². The van der Waals surface area contributed by atoms with E-state index in [0.717, 1.165) is 0 Å². The Balaban J connectivity index is 0.000000138. The van der Waals surface area contributed by atoms with E-state index in [1.54, 1.807) is 0 Å². The van der Waals surface area contributed by atoms with Crippen molar-refractivity contribution in [1.29, 1.82) is 0 Å². The molecule has 0 spiro atoms. The molecule has 2 N–H and O–H groups in total. The van der Waals surface area contributed by atoms with E-state index in [4.69, 9.17) is 5.11 Å². The van der Waals surface area contributed by atoms with E-state index in [9.17, 15) is 4.79 Å². The number of hydrogen-bond donors (Lipinski definition) is 2. The van der Waals surface area contributed by atoms with E-state index in [1.165, 1.54) is 29.0 Å². The first kappa shape index (κ1) is 11.9. The maximum Gasteiger partial charge on any atom is 0.250 e. The minimum Gasteiger partial charge on any atom is -0.495 e. The van der Waals surface area contributed by atoms with Crippen molar-refractivity contribution in [2.45, 2.75) is 0 Å². The highest BCUT2D eigenvalue weighted by atomic mass is 16.3. The van der Waals surface area contributed by atoms with Crippen molar-refractivity contribution in [3.05, 3.63) is 77.1 Å². The molecule has 3 nitrogen and oxygen atoms in total. The molecule has 0 amide bonds. The van der Waals surface area contributed by atoms with Gasteiger partial charge in [-0.05, 0) is 16.8 Å². The maximum absolute atomic E-state index is 10.3. The summed E-state index contributed by atoms with van der Waals surface area (Å²) < 4.78 is 0. The second-order valence-corrected chi connectivity index (χ2v) is 3.75. The molecule has 90 valence electrons. The van der Waals surface area contributed by atoms with Gasteiger partial charge in [-0.3, -0.25) is 9.78 Å². The number of aromatic hydroxyl groups is 1. The Hall–Kier alpha value is -2.55. The number of benzene rings is 2. The number of aromatic amines is 1. The van der Waals surface area contributed by atoms with Gasteiger partial charge in [-0.2, -0.15) is 0 Å². The zero-order valence-electron chi connectivity index (χ0n) is 9.71. The Morgan fingerprint density at radius 1 is 0.722 bits per heavy atom. The first-order valence-electron chi connectivity index (χ1n) is 5.58. The molecule has 0 aliphatic rings. The minimum atomic E-state index is -0.287. The lowest BCUT2D eigenvalue weighted by atomic mass is 10.1. The molecule has 3 aromatic rings. The quantitative estimate of drug-likeness (QED) is 0.633.